The number of hydrogen-bond acceptors (Lipinski definition) is 7. The molecule has 0 aliphatic rings. The molecule has 2 aromatic carbocycles. The lowest BCUT2D eigenvalue weighted by atomic mass is 10.2. The molecule has 0 fully saturated rings. The van der Waals surface area contributed by atoms with Crippen LogP contribution in [0.1, 0.15) is 24.8 Å². The van der Waals surface area contributed by atoms with E-state index >= 15 is 0 Å². The highest BCUT2D eigenvalue weighted by Crippen LogP contribution is 2.28. The quantitative estimate of drug-likeness (QED) is 0.279. The molecule has 1 N–H and O–H groups in total. The second-order valence-corrected chi connectivity index (χ2v) is 7.01. The van der Waals surface area contributed by atoms with E-state index in [0.717, 1.165) is 34.8 Å². The number of methoxy groups -OCH3 is 1. The van der Waals surface area contributed by atoms with Crippen molar-refractivity contribution in [3.8, 4) is 28.8 Å². The van der Waals surface area contributed by atoms with Gasteiger partial charge in [-0.15, -0.1) is 11.3 Å². The number of nitriles is 1. The largest absolute Gasteiger partial charge is 0.493 e. The molecule has 0 aliphatic heterocycles. The zero-order valence-electron chi connectivity index (χ0n) is 16.2. The lowest BCUT2D eigenvalue weighted by Crippen LogP contribution is -2.00. The minimum absolute atomic E-state index is 0.540. The molecule has 1 heterocycles. The van der Waals surface area contributed by atoms with Gasteiger partial charge < -0.3 is 9.47 Å². The highest BCUT2D eigenvalue weighted by Gasteiger charge is 2.06. The average molecular weight is 407 g/mol. The normalized spacial score (nSPS) is 10.6. The number of rotatable bonds is 10. The molecule has 0 bridgehead atoms. The minimum Gasteiger partial charge on any atom is -0.493 e. The van der Waals surface area contributed by atoms with Gasteiger partial charge in [-0.2, -0.15) is 10.4 Å². The Morgan fingerprint density at radius 2 is 2.03 bits per heavy atom. The van der Waals surface area contributed by atoms with Crippen LogP contribution < -0.4 is 14.9 Å². The maximum Gasteiger partial charge on any atom is 0.203 e. The number of unbranched alkanes of at least 4 members (excludes halogenated alkanes) is 2. The van der Waals surface area contributed by atoms with Gasteiger partial charge in [0.15, 0.2) is 11.5 Å². The van der Waals surface area contributed by atoms with Gasteiger partial charge in [-0.05, 0) is 36.6 Å². The minimum atomic E-state index is 0.540. The van der Waals surface area contributed by atoms with Gasteiger partial charge in [0.1, 0.15) is 0 Å². The molecule has 0 radical (unpaired) electrons. The molecule has 0 atom stereocenters. The van der Waals surface area contributed by atoms with E-state index in [9.17, 15) is 0 Å². The molecule has 7 heteroatoms. The number of thiazole rings is 1. The first-order chi connectivity index (χ1) is 14.3. The van der Waals surface area contributed by atoms with Gasteiger partial charge in [0.05, 0.1) is 31.7 Å². The molecular formula is C22H22N4O2S. The van der Waals surface area contributed by atoms with E-state index in [0.29, 0.717) is 24.5 Å². The van der Waals surface area contributed by atoms with Gasteiger partial charge in [0.25, 0.3) is 0 Å². The van der Waals surface area contributed by atoms with Gasteiger partial charge in [0.2, 0.25) is 5.13 Å². The maximum atomic E-state index is 8.59. The van der Waals surface area contributed by atoms with Crippen LogP contribution in [0.3, 0.4) is 0 Å². The third-order valence-electron chi connectivity index (χ3n) is 4.08. The van der Waals surface area contributed by atoms with Crippen LogP contribution in [-0.4, -0.2) is 24.9 Å². The number of hydrogen-bond donors (Lipinski definition) is 1. The number of nitrogens with zero attached hydrogens (tertiary/aromatic N) is 3. The van der Waals surface area contributed by atoms with E-state index in [1.165, 1.54) is 11.3 Å². The van der Waals surface area contributed by atoms with Gasteiger partial charge in [-0.1, -0.05) is 30.3 Å². The fourth-order valence-electron chi connectivity index (χ4n) is 2.60. The summed E-state index contributed by atoms with van der Waals surface area (Å²) in [6.07, 6.45) is 3.90. The first-order valence-corrected chi connectivity index (χ1v) is 10.2. The Labute approximate surface area is 174 Å². The Kier molecular flexibility index (Phi) is 7.61. The summed E-state index contributed by atoms with van der Waals surface area (Å²) in [7, 11) is 1.61. The number of ether oxygens (including phenoxy) is 2. The predicted octanol–water partition coefficient (Wildman–Crippen LogP) is 5.34. The van der Waals surface area contributed by atoms with E-state index in [1.807, 2.05) is 53.9 Å². The summed E-state index contributed by atoms with van der Waals surface area (Å²) >= 11 is 1.50. The van der Waals surface area contributed by atoms with Crippen molar-refractivity contribution in [2.75, 3.05) is 19.1 Å². The molecule has 0 spiro atoms. The second kappa shape index (κ2) is 10.8. The van der Waals surface area contributed by atoms with E-state index in [4.69, 9.17) is 14.7 Å². The molecule has 0 unspecified atom stereocenters. The number of benzene rings is 2. The second-order valence-electron chi connectivity index (χ2n) is 6.15. The van der Waals surface area contributed by atoms with Crippen molar-refractivity contribution in [2.45, 2.75) is 19.3 Å². The van der Waals surface area contributed by atoms with Crippen molar-refractivity contribution >= 4 is 22.7 Å². The van der Waals surface area contributed by atoms with Crippen LogP contribution in [0.2, 0.25) is 0 Å². The summed E-state index contributed by atoms with van der Waals surface area (Å²) in [5, 5.41) is 15.6. The van der Waals surface area contributed by atoms with Crippen molar-refractivity contribution in [2.24, 2.45) is 5.10 Å². The molecule has 3 rings (SSSR count). The van der Waals surface area contributed by atoms with E-state index in [1.54, 1.807) is 13.3 Å². The van der Waals surface area contributed by atoms with Crippen molar-refractivity contribution in [3.05, 3.63) is 59.5 Å². The summed E-state index contributed by atoms with van der Waals surface area (Å²) in [4.78, 5) is 4.55. The van der Waals surface area contributed by atoms with Gasteiger partial charge in [-0.25, -0.2) is 4.98 Å². The van der Waals surface area contributed by atoms with Crippen molar-refractivity contribution < 1.29 is 9.47 Å². The molecular weight excluding hydrogens is 384 g/mol. The van der Waals surface area contributed by atoms with Gasteiger partial charge in [0, 0.05) is 17.4 Å². The molecule has 0 aliphatic carbocycles. The SMILES string of the molecule is COc1ccc(C=NNc2nc(-c3ccccc3)cs2)cc1OCCCCC#N. The highest BCUT2D eigenvalue weighted by atomic mass is 32.1. The van der Waals surface area contributed by atoms with Crippen molar-refractivity contribution in [3.63, 3.8) is 0 Å². The zero-order valence-corrected chi connectivity index (χ0v) is 17.0. The van der Waals surface area contributed by atoms with Crippen LogP contribution in [0, 0.1) is 11.3 Å². The van der Waals surface area contributed by atoms with E-state index < -0.39 is 0 Å². The molecule has 0 saturated heterocycles. The van der Waals surface area contributed by atoms with Gasteiger partial charge >= 0.3 is 0 Å². The van der Waals surface area contributed by atoms with Crippen molar-refractivity contribution in [1.82, 2.24) is 4.98 Å². The van der Waals surface area contributed by atoms with Crippen LogP contribution in [0.4, 0.5) is 5.13 Å². The Hall–Kier alpha value is -3.37. The summed E-state index contributed by atoms with van der Waals surface area (Å²) in [5.74, 6) is 1.33. The fraction of sp³-hybridized carbons (Fsp3) is 0.227. The Morgan fingerprint density at radius 1 is 1.17 bits per heavy atom. The average Bonchev–Trinajstić information content (AvgIpc) is 3.23. The first-order valence-electron chi connectivity index (χ1n) is 9.28. The summed E-state index contributed by atoms with van der Waals surface area (Å²) < 4.78 is 11.2. The fourth-order valence-corrected chi connectivity index (χ4v) is 3.27. The van der Waals surface area contributed by atoms with Crippen LogP contribution in [0.15, 0.2) is 59.0 Å². The van der Waals surface area contributed by atoms with Crippen LogP contribution in [-0.2, 0) is 0 Å². The molecule has 0 amide bonds. The Balaban J connectivity index is 1.59. The molecule has 6 nitrogen and oxygen atoms in total. The molecule has 29 heavy (non-hydrogen) atoms. The van der Waals surface area contributed by atoms with Crippen LogP contribution in [0.25, 0.3) is 11.3 Å². The predicted molar refractivity (Wildman–Crippen MR) is 117 cm³/mol. The summed E-state index contributed by atoms with van der Waals surface area (Å²) in [6.45, 7) is 0.540. The molecule has 0 saturated carbocycles. The third kappa shape index (κ3) is 6.06. The van der Waals surface area contributed by atoms with Gasteiger partial charge in [-0.3, -0.25) is 5.43 Å². The van der Waals surface area contributed by atoms with Crippen molar-refractivity contribution in [1.29, 1.82) is 5.26 Å². The molecule has 148 valence electrons. The highest BCUT2D eigenvalue weighted by molar-refractivity contribution is 7.14. The number of hydrazone groups is 1. The van der Waals surface area contributed by atoms with E-state index in [2.05, 4.69) is 21.6 Å². The maximum absolute atomic E-state index is 8.59. The zero-order chi connectivity index (χ0) is 20.3. The molecule has 3 aromatic rings. The lowest BCUT2D eigenvalue weighted by molar-refractivity contribution is 0.287. The lowest BCUT2D eigenvalue weighted by Gasteiger charge is -2.11. The summed E-state index contributed by atoms with van der Waals surface area (Å²) in [6, 6.07) is 17.8. The molecule has 1 aromatic heterocycles. The van der Waals surface area contributed by atoms with Crippen LogP contribution in [0.5, 0.6) is 11.5 Å². The monoisotopic (exact) mass is 406 g/mol. The smallest absolute Gasteiger partial charge is 0.203 e. The Bertz CT molecular complexity index is 980. The summed E-state index contributed by atoms with van der Waals surface area (Å²) in [5.41, 5.74) is 5.85. The standard InChI is InChI=1S/C22H22N4O2S/c1-27-20-11-10-17(14-21(20)28-13-7-3-6-12-23)15-24-26-22-25-19(16-29-22)18-8-4-2-5-9-18/h2,4-5,8-11,14-16H,3,6-7,13H2,1H3,(H,25,26). The number of aromatic nitrogens is 1. The number of nitrogens with one attached hydrogen (secondary N) is 1. The topological polar surface area (TPSA) is 79.5 Å². The van der Waals surface area contributed by atoms with E-state index in [-0.39, 0.29) is 0 Å². The Morgan fingerprint density at radius 3 is 2.83 bits per heavy atom. The third-order valence-corrected chi connectivity index (χ3v) is 4.82. The number of anilines is 1. The first kappa shape index (κ1) is 20.4. The van der Waals surface area contributed by atoms with Crippen LogP contribution >= 0.6 is 11.3 Å².